The van der Waals surface area contributed by atoms with Crippen LogP contribution in [-0.2, 0) is 4.79 Å². The van der Waals surface area contributed by atoms with Crippen molar-refractivity contribution in [1.29, 1.82) is 0 Å². The number of hydrogen-bond acceptors (Lipinski definition) is 7. The van der Waals surface area contributed by atoms with Gasteiger partial charge >= 0.3 is 0 Å². The molecule has 1 aromatic heterocycles. The first-order chi connectivity index (χ1) is 22.3. The number of nitrogens with one attached hydrogen (secondary N) is 2. The number of aromatic nitrogens is 1. The van der Waals surface area contributed by atoms with Crippen molar-refractivity contribution in [3.8, 4) is 0 Å². The number of thiol groups is 1. The molecule has 9 nitrogen and oxygen atoms in total. The summed E-state index contributed by atoms with van der Waals surface area (Å²) in [6.45, 7) is 7.17. The van der Waals surface area contributed by atoms with Crippen molar-refractivity contribution in [3.63, 3.8) is 0 Å². The van der Waals surface area contributed by atoms with Gasteiger partial charge in [0.2, 0.25) is 0 Å². The van der Waals surface area contributed by atoms with Gasteiger partial charge in [-0.2, -0.15) is 0 Å². The van der Waals surface area contributed by atoms with Crippen LogP contribution in [0.15, 0.2) is 89.0 Å². The molecule has 5 rings (SSSR count). The summed E-state index contributed by atoms with van der Waals surface area (Å²) in [7, 11) is 1.83. The number of aliphatic hydroxyl groups is 1. The van der Waals surface area contributed by atoms with Crippen molar-refractivity contribution >= 4 is 41.9 Å². The van der Waals surface area contributed by atoms with Gasteiger partial charge in [0.25, 0.3) is 17.7 Å². The van der Waals surface area contributed by atoms with E-state index in [1.54, 1.807) is 42.6 Å². The summed E-state index contributed by atoms with van der Waals surface area (Å²) >= 11 is 4.49. The summed E-state index contributed by atoms with van der Waals surface area (Å²) in [6, 6.07) is 10.4. The number of pyridine rings is 1. The summed E-state index contributed by atoms with van der Waals surface area (Å²) in [5.74, 6) is -0.0672. The third kappa shape index (κ3) is 9.45. The fourth-order valence-electron chi connectivity index (χ4n) is 5.59. The number of nitrogens with zero attached hydrogens (tertiary/aromatic N) is 3. The van der Waals surface area contributed by atoms with Crippen molar-refractivity contribution in [3.05, 3.63) is 100 Å². The fourth-order valence-corrected chi connectivity index (χ4v) is 5.81. The Labute approximate surface area is 284 Å². The van der Waals surface area contributed by atoms with Crippen LogP contribution in [0.25, 0.3) is 0 Å². The highest BCUT2D eigenvalue weighted by Crippen LogP contribution is 2.34. The summed E-state index contributed by atoms with van der Waals surface area (Å²) in [5.41, 5.74) is 3.63. The van der Waals surface area contributed by atoms with Gasteiger partial charge in [0.15, 0.2) is 0 Å². The minimum absolute atomic E-state index is 0. The van der Waals surface area contributed by atoms with Crippen LogP contribution in [0, 0.1) is 5.92 Å². The van der Waals surface area contributed by atoms with E-state index in [0.29, 0.717) is 53.5 Å². The Morgan fingerprint density at radius 3 is 2.49 bits per heavy atom. The Kier molecular flexibility index (Phi) is 14.0. The average molecular weight is 660 g/mol. The molecule has 47 heavy (non-hydrogen) atoms. The van der Waals surface area contributed by atoms with Crippen molar-refractivity contribution in [2.45, 2.75) is 66.0 Å². The zero-order chi connectivity index (χ0) is 33.2. The smallest absolute Gasteiger partial charge is 0.259 e. The predicted octanol–water partition coefficient (Wildman–Crippen LogP) is 6.18. The number of amides is 3. The van der Waals surface area contributed by atoms with Gasteiger partial charge in [-0.25, -0.2) is 4.98 Å². The Morgan fingerprint density at radius 1 is 1.11 bits per heavy atom. The Bertz CT molecular complexity index is 1530. The number of carbonyl (C=O) groups is 3. The molecule has 2 aromatic rings. The van der Waals surface area contributed by atoms with Gasteiger partial charge in [0.1, 0.15) is 5.82 Å². The van der Waals surface area contributed by atoms with E-state index in [1.165, 1.54) is 0 Å². The van der Waals surface area contributed by atoms with E-state index in [4.69, 9.17) is 5.11 Å². The lowest BCUT2D eigenvalue weighted by Crippen LogP contribution is -2.43. The maximum Gasteiger partial charge on any atom is 0.259 e. The lowest BCUT2D eigenvalue weighted by molar-refractivity contribution is -0.116. The number of allylic oxidation sites excluding steroid dienone is 3. The van der Waals surface area contributed by atoms with Gasteiger partial charge < -0.3 is 25.5 Å². The molecule has 3 amide bonds. The first-order valence-electron chi connectivity index (χ1n) is 16.0. The minimum Gasteiger partial charge on any atom is -0.396 e. The van der Waals surface area contributed by atoms with E-state index in [-0.39, 0.29) is 49.8 Å². The van der Waals surface area contributed by atoms with E-state index < -0.39 is 0 Å². The molecule has 3 aliphatic rings. The number of anilines is 2. The highest BCUT2D eigenvalue weighted by Gasteiger charge is 2.34. The van der Waals surface area contributed by atoms with Crippen LogP contribution in [0.4, 0.5) is 11.5 Å². The van der Waals surface area contributed by atoms with Crippen LogP contribution in [0.2, 0.25) is 0 Å². The number of benzene rings is 1. The molecule has 2 atom stereocenters. The predicted molar refractivity (Wildman–Crippen MR) is 194 cm³/mol. The lowest BCUT2D eigenvalue weighted by Gasteiger charge is -2.34. The van der Waals surface area contributed by atoms with Crippen LogP contribution in [0.5, 0.6) is 0 Å². The molecule has 1 aromatic carbocycles. The van der Waals surface area contributed by atoms with Crippen molar-refractivity contribution in [2.75, 3.05) is 37.0 Å². The molecule has 0 spiro atoms. The van der Waals surface area contributed by atoms with E-state index >= 15 is 0 Å². The van der Waals surface area contributed by atoms with Gasteiger partial charge in [-0.3, -0.25) is 14.4 Å². The van der Waals surface area contributed by atoms with E-state index in [9.17, 15) is 14.4 Å². The third-order valence-corrected chi connectivity index (χ3v) is 8.58. The molecule has 0 saturated heterocycles. The maximum atomic E-state index is 13.9. The standard InChI is InChI=1S/C34H39N5O4S.C2H6.CH4/c1-22-24(21-30(44)33(42)37-26-14-15-26)16-19-39(29-9-4-3-7-27(22)29)34(43)23-10-12-25(13-11-23)36-32(41)28-8-5-17-35-31(28)38(2)18-6-20-40;1-2;/h3-5,7-13,17,21,26-27,29,40,44H,6,14-16,18-20H2,1-2H3,(H,36,41)(H,37,42);1-2H3;1H4/b30-21-;;. The molecule has 0 bridgehead atoms. The van der Waals surface area contributed by atoms with E-state index in [1.807, 2.05) is 48.9 Å². The number of rotatable bonds is 10. The van der Waals surface area contributed by atoms with Crippen LogP contribution in [0.3, 0.4) is 0 Å². The van der Waals surface area contributed by atoms with Crippen molar-refractivity contribution in [2.24, 2.45) is 5.92 Å². The third-order valence-electron chi connectivity index (χ3n) is 8.25. The van der Waals surface area contributed by atoms with Gasteiger partial charge in [-0.15, -0.1) is 12.6 Å². The zero-order valence-corrected chi connectivity index (χ0v) is 28.0. The first kappa shape index (κ1) is 37.3. The second-order valence-corrected chi connectivity index (χ2v) is 11.9. The van der Waals surface area contributed by atoms with Gasteiger partial charge in [0.05, 0.1) is 16.5 Å². The Morgan fingerprint density at radius 2 is 1.81 bits per heavy atom. The second kappa shape index (κ2) is 17.7. The topological polar surface area (TPSA) is 115 Å². The SMILES string of the molecule is C.CC.CC1=C(/C=C(\S)C(=O)NC2CC2)CCN(C(=O)c2ccc(NC(=O)c3cccnc3N(C)CCCO)cc2)C2C=CC=CC12. The number of aliphatic hydroxyl groups excluding tert-OH is 1. The molecule has 2 aliphatic carbocycles. The van der Waals surface area contributed by atoms with Gasteiger partial charge in [-0.1, -0.05) is 51.2 Å². The largest absolute Gasteiger partial charge is 0.396 e. The summed E-state index contributed by atoms with van der Waals surface area (Å²) in [6.07, 6.45) is 14.8. The molecular formula is C37H49N5O4S. The van der Waals surface area contributed by atoms with Gasteiger partial charge in [0, 0.05) is 56.2 Å². The van der Waals surface area contributed by atoms with Crippen LogP contribution < -0.4 is 15.5 Å². The van der Waals surface area contributed by atoms with Crippen LogP contribution in [-0.4, -0.2) is 71.5 Å². The molecule has 252 valence electrons. The minimum atomic E-state index is -0.311. The summed E-state index contributed by atoms with van der Waals surface area (Å²) in [5, 5.41) is 15.1. The molecule has 10 heteroatoms. The van der Waals surface area contributed by atoms with Crippen molar-refractivity contribution in [1.82, 2.24) is 15.2 Å². The molecule has 1 saturated carbocycles. The Hall–Kier alpha value is -4.15. The number of hydrogen-bond donors (Lipinski definition) is 4. The summed E-state index contributed by atoms with van der Waals surface area (Å²) < 4.78 is 0. The fraction of sp³-hybridized carbons (Fsp3) is 0.405. The average Bonchev–Trinajstić information content (AvgIpc) is 3.92. The second-order valence-electron chi connectivity index (χ2n) is 11.4. The maximum absolute atomic E-state index is 13.9. The summed E-state index contributed by atoms with van der Waals surface area (Å²) in [4.78, 5) is 48.1. The van der Waals surface area contributed by atoms with Crippen LogP contribution >= 0.6 is 12.6 Å². The molecule has 2 unspecified atom stereocenters. The van der Waals surface area contributed by atoms with Gasteiger partial charge in [-0.05, 0) is 80.7 Å². The normalized spacial score (nSPS) is 18.6. The highest BCUT2D eigenvalue weighted by molar-refractivity contribution is 7.85. The zero-order valence-electron chi connectivity index (χ0n) is 27.1. The first-order valence-corrected chi connectivity index (χ1v) is 16.5. The molecule has 1 aliphatic heterocycles. The number of fused-ring (bicyclic) bond motifs is 1. The monoisotopic (exact) mass is 659 g/mol. The van der Waals surface area contributed by atoms with E-state index in [0.717, 1.165) is 24.0 Å². The molecule has 2 heterocycles. The van der Waals surface area contributed by atoms with Crippen molar-refractivity contribution < 1.29 is 19.5 Å². The van der Waals surface area contributed by atoms with E-state index in [2.05, 4.69) is 47.3 Å². The quantitative estimate of drug-likeness (QED) is 0.179. The number of carbonyl (C=O) groups excluding carboxylic acids is 3. The van der Waals surface area contributed by atoms with Crippen LogP contribution in [0.1, 0.15) is 74.6 Å². The molecule has 3 N–H and O–H groups in total. The molecule has 0 radical (unpaired) electrons. The Balaban J connectivity index is 0.00000196. The lowest BCUT2D eigenvalue weighted by atomic mass is 9.86. The molecule has 1 fully saturated rings. The highest BCUT2D eigenvalue weighted by atomic mass is 32.1. The molecular weight excluding hydrogens is 611 g/mol.